The summed E-state index contributed by atoms with van der Waals surface area (Å²) >= 11 is 5.35. The Labute approximate surface area is 135 Å². The van der Waals surface area contributed by atoms with E-state index >= 15 is 0 Å². The lowest BCUT2D eigenvalue weighted by atomic mass is 9.96. The van der Waals surface area contributed by atoms with E-state index in [0.717, 1.165) is 16.6 Å². The first-order valence-corrected chi connectivity index (χ1v) is 8.52. The fraction of sp³-hybridized carbons (Fsp3) is 0.176. The molecule has 0 fully saturated rings. The molecule has 1 aliphatic heterocycles. The van der Waals surface area contributed by atoms with Gasteiger partial charge in [-0.3, -0.25) is 0 Å². The van der Waals surface area contributed by atoms with E-state index in [4.69, 9.17) is 10.5 Å². The third kappa shape index (κ3) is 2.23. The van der Waals surface area contributed by atoms with Crippen molar-refractivity contribution in [3.63, 3.8) is 0 Å². The van der Waals surface area contributed by atoms with Crippen molar-refractivity contribution < 1.29 is 4.74 Å². The maximum Gasteiger partial charge on any atom is 0.0725 e. The van der Waals surface area contributed by atoms with Gasteiger partial charge in [-0.05, 0) is 55.0 Å². The van der Waals surface area contributed by atoms with Gasteiger partial charge in [-0.1, -0.05) is 30.3 Å². The maximum absolute atomic E-state index is 6.52. The zero-order valence-electron chi connectivity index (χ0n) is 11.3. The summed E-state index contributed by atoms with van der Waals surface area (Å²) in [6.07, 6.45) is 0. The number of fused-ring (bicyclic) bond motifs is 2. The molecule has 2 N–H and O–H groups in total. The number of benzene rings is 2. The molecule has 3 aromatic rings. The van der Waals surface area contributed by atoms with Gasteiger partial charge in [0.05, 0.1) is 19.3 Å². The Morgan fingerprint density at radius 1 is 1.14 bits per heavy atom. The van der Waals surface area contributed by atoms with E-state index in [-0.39, 0.29) is 6.04 Å². The number of rotatable bonds is 2. The molecule has 1 atom stereocenters. The fourth-order valence-electron chi connectivity index (χ4n) is 2.85. The lowest BCUT2D eigenvalue weighted by Gasteiger charge is -2.13. The molecule has 0 amide bonds. The summed E-state index contributed by atoms with van der Waals surface area (Å²) in [6, 6.07) is 12.6. The molecule has 0 bridgehead atoms. The van der Waals surface area contributed by atoms with Crippen LogP contribution in [0.4, 0.5) is 0 Å². The number of thiophene rings is 1. The quantitative estimate of drug-likeness (QED) is 0.716. The smallest absolute Gasteiger partial charge is 0.0725 e. The van der Waals surface area contributed by atoms with E-state index in [9.17, 15) is 0 Å². The average Bonchev–Trinajstić information content (AvgIpc) is 3.13. The topological polar surface area (TPSA) is 35.2 Å². The molecule has 4 heteroatoms. The molecule has 2 heterocycles. The Bertz CT molecular complexity index is 827. The second-order valence-corrected chi connectivity index (χ2v) is 7.04. The van der Waals surface area contributed by atoms with Crippen molar-refractivity contribution >= 4 is 37.4 Å². The van der Waals surface area contributed by atoms with Crippen LogP contribution in [0.1, 0.15) is 28.3 Å². The number of halogens is 1. The molecule has 0 saturated heterocycles. The van der Waals surface area contributed by atoms with Crippen LogP contribution in [0.5, 0.6) is 0 Å². The van der Waals surface area contributed by atoms with Crippen LogP contribution in [-0.4, -0.2) is 0 Å². The highest BCUT2D eigenvalue weighted by atomic mass is 79.9. The van der Waals surface area contributed by atoms with Crippen molar-refractivity contribution in [2.24, 2.45) is 5.73 Å². The van der Waals surface area contributed by atoms with Crippen molar-refractivity contribution in [3.8, 4) is 0 Å². The monoisotopic (exact) mass is 359 g/mol. The van der Waals surface area contributed by atoms with Gasteiger partial charge in [0.2, 0.25) is 0 Å². The summed E-state index contributed by atoms with van der Waals surface area (Å²) in [6.45, 7) is 1.42. The highest BCUT2D eigenvalue weighted by Gasteiger charge is 2.18. The molecular weight excluding hydrogens is 346 g/mol. The predicted molar refractivity (Wildman–Crippen MR) is 90.5 cm³/mol. The summed E-state index contributed by atoms with van der Waals surface area (Å²) in [4.78, 5) is 0. The van der Waals surface area contributed by atoms with Gasteiger partial charge in [0.1, 0.15) is 0 Å². The fourth-order valence-corrected chi connectivity index (χ4v) is 4.51. The van der Waals surface area contributed by atoms with Crippen molar-refractivity contribution in [2.75, 3.05) is 0 Å². The van der Waals surface area contributed by atoms with Crippen molar-refractivity contribution in [2.45, 2.75) is 19.3 Å². The van der Waals surface area contributed by atoms with Gasteiger partial charge in [-0.15, -0.1) is 11.3 Å². The molecule has 21 heavy (non-hydrogen) atoms. The zero-order chi connectivity index (χ0) is 14.4. The Morgan fingerprint density at radius 3 is 2.90 bits per heavy atom. The zero-order valence-corrected chi connectivity index (χ0v) is 13.7. The van der Waals surface area contributed by atoms with E-state index in [1.807, 2.05) is 0 Å². The van der Waals surface area contributed by atoms with Crippen LogP contribution in [0.2, 0.25) is 0 Å². The van der Waals surface area contributed by atoms with E-state index < -0.39 is 0 Å². The van der Waals surface area contributed by atoms with Crippen LogP contribution >= 0.6 is 27.3 Å². The SMILES string of the molecule is NC(c1ccc2c(c1)COC2)c1csc2c(Br)cccc12. The summed E-state index contributed by atoms with van der Waals surface area (Å²) in [5, 5.41) is 3.41. The van der Waals surface area contributed by atoms with E-state index in [0.29, 0.717) is 6.61 Å². The second kappa shape index (κ2) is 5.21. The second-order valence-electron chi connectivity index (χ2n) is 5.31. The number of nitrogens with two attached hydrogens (primary N) is 1. The molecular formula is C17H14BrNOS. The average molecular weight is 360 g/mol. The lowest BCUT2D eigenvalue weighted by molar-refractivity contribution is 0.134. The van der Waals surface area contributed by atoms with Gasteiger partial charge in [-0.2, -0.15) is 0 Å². The van der Waals surface area contributed by atoms with Gasteiger partial charge in [-0.25, -0.2) is 0 Å². The predicted octanol–water partition coefficient (Wildman–Crippen LogP) is 4.74. The standard InChI is InChI=1S/C17H14BrNOS/c18-15-3-1-2-13-14(9-21-17(13)15)16(19)10-4-5-11-7-20-8-12(11)6-10/h1-6,9,16H,7-8,19H2. The van der Waals surface area contributed by atoms with Crippen LogP contribution in [-0.2, 0) is 18.0 Å². The Morgan fingerprint density at radius 2 is 2.00 bits per heavy atom. The van der Waals surface area contributed by atoms with Crippen LogP contribution in [0, 0.1) is 0 Å². The minimum atomic E-state index is -0.0982. The third-order valence-electron chi connectivity index (χ3n) is 4.02. The number of hydrogen-bond donors (Lipinski definition) is 1. The minimum absolute atomic E-state index is 0.0982. The maximum atomic E-state index is 6.52. The molecule has 0 spiro atoms. The number of ether oxygens (including phenoxy) is 1. The molecule has 0 aliphatic carbocycles. The summed E-state index contributed by atoms with van der Waals surface area (Å²) in [7, 11) is 0. The molecule has 0 radical (unpaired) electrons. The normalized spacial score (nSPS) is 15.3. The molecule has 2 aromatic carbocycles. The summed E-state index contributed by atoms with van der Waals surface area (Å²) in [5.41, 5.74) is 11.4. The van der Waals surface area contributed by atoms with Crippen LogP contribution < -0.4 is 5.73 Å². The van der Waals surface area contributed by atoms with Gasteiger partial charge in [0.15, 0.2) is 0 Å². The summed E-state index contributed by atoms with van der Waals surface area (Å²) in [5.74, 6) is 0. The molecule has 4 rings (SSSR count). The van der Waals surface area contributed by atoms with Crippen LogP contribution in [0.15, 0.2) is 46.3 Å². The highest BCUT2D eigenvalue weighted by molar-refractivity contribution is 9.10. The Kier molecular flexibility index (Phi) is 3.34. The third-order valence-corrected chi connectivity index (χ3v) is 5.99. The lowest BCUT2D eigenvalue weighted by Crippen LogP contribution is -2.11. The van der Waals surface area contributed by atoms with Gasteiger partial charge < -0.3 is 10.5 Å². The minimum Gasteiger partial charge on any atom is -0.372 e. The Balaban J connectivity index is 1.79. The van der Waals surface area contributed by atoms with Gasteiger partial charge in [0.25, 0.3) is 0 Å². The van der Waals surface area contributed by atoms with Crippen molar-refractivity contribution in [1.82, 2.24) is 0 Å². The molecule has 1 aliphatic rings. The van der Waals surface area contributed by atoms with Gasteiger partial charge >= 0.3 is 0 Å². The van der Waals surface area contributed by atoms with Crippen LogP contribution in [0.25, 0.3) is 10.1 Å². The molecule has 106 valence electrons. The van der Waals surface area contributed by atoms with Gasteiger partial charge in [0, 0.05) is 9.17 Å². The first-order chi connectivity index (χ1) is 10.2. The van der Waals surface area contributed by atoms with E-state index in [1.54, 1.807) is 11.3 Å². The highest BCUT2D eigenvalue weighted by Crippen LogP contribution is 2.37. The molecule has 2 nitrogen and oxygen atoms in total. The Hall–Kier alpha value is -1.20. The number of hydrogen-bond acceptors (Lipinski definition) is 3. The molecule has 1 aromatic heterocycles. The first-order valence-electron chi connectivity index (χ1n) is 6.84. The largest absolute Gasteiger partial charge is 0.372 e. The van der Waals surface area contributed by atoms with Crippen molar-refractivity contribution in [1.29, 1.82) is 0 Å². The van der Waals surface area contributed by atoms with Crippen LogP contribution in [0.3, 0.4) is 0 Å². The van der Waals surface area contributed by atoms with E-state index in [2.05, 4.69) is 57.7 Å². The summed E-state index contributed by atoms with van der Waals surface area (Å²) < 4.78 is 7.87. The van der Waals surface area contributed by atoms with Crippen molar-refractivity contribution in [3.05, 3.63) is 68.5 Å². The molecule has 1 unspecified atom stereocenters. The first kappa shape index (κ1) is 13.5. The van der Waals surface area contributed by atoms with E-state index in [1.165, 1.54) is 26.8 Å². The molecule has 0 saturated carbocycles.